The van der Waals surface area contributed by atoms with Crippen molar-refractivity contribution in [3.8, 4) is 5.69 Å². The molecule has 1 unspecified atom stereocenters. The van der Waals surface area contributed by atoms with E-state index in [1.165, 1.54) is 6.07 Å². The van der Waals surface area contributed by atoms with Crippen LogP contribution in [-0.2, 0) is 0 Å². The molecule has 25 heavy (non-hydrogen) atoms. The van der Waals surface area contributed by atoms with Crippen molar-refractivity contribution in [1.29, 1.82) is 0 Å². The maximum atomic E-state index is 14.1. The van der Waals surface area contributed by atoms with E-state index >= 15 is 0 Å². The second-order valence-electron chi connectivity index (χ2n) is 6.13. The minimum Gasteiger partial charge on any atom is -0.367 e. The summed E-state index contributed by atoms with van der Waals surface area (Å²) < 4.78 is 15.7. The lowest BCUT2D eigenvalue weighted by atomic mass is 10.0. The van der Waals surface area contributed by atoms with Crippen molar-refractivity contribution < 1.29 is 4.39 Å². The zero-order valence-electron chi connectivity index (χ0n) is 13.7. The van der Waals surface area contributed by atoms with E-state index in [2.05, 4.69) is 25.7 Å². The number of tetrazole rings is 1. The van der Waals surface area contributed by atoms with Crippen LogP contribution in [0.3, 0.4) is 0 Å². The largest absolute Gasteiger partial charge is 0.367 e. The number of benzene rings is 2. The Bertz CT molecular complexity index is 834. The van der Waals surface area contributed by atoms with Crippen LogP contribution >= 0.6 is 0 Å². The Morgan fingerprint density at radius 2 is 1.84 bits per heavy atom. The highest BCUT2D eigenvalue weighted by molar-refractivity contribution is 5.49. The van der Waals surface area contributed by atoms with Gasteiger partial charge in [-0.3, -0.25) is 0 Å². The topological polar surface area (TPSA) is 58.9 Å². The molecule has 2 aromatic carbocycles. The average Bonchev–Trinajstić information content (AvgIpc) is 3.11. The number of aromatic nitrogens is 4. The quantitative estimate of drug-likeness (QED) is 0.793. The standard InChI is InChI=1S/C18H19FN6/c19-16-10-4-5-11-17(16)24-12-6-7-14(13-24)20-18-21-22-23-25(18)15-8-2-1-3-9-15/h1-5,8-11,14H,6-7,12-13H2,(H,20,21,23). The van der Waals surface area contributed by atoms with Gasteiger partial charge in [-0.25, -0.2) is 4.39 Å². The van der Waals surface area contributed by atoms with Crippen LogP contribution in [0.15, 0.2) is 54.6 Å². The number of nitrogens with zero attached hydrogens (tertiary/aromatic N) is 5. The molecule has 0 amide bonds. The number of piperidine rings is 1. The molecule has 6 nitrogen and oxygen atoms in total. The molecule has 1 aliphatic rings. The fraction of sp³-hybridized carbons (Fsp3) is 0.278. The normalized spacial score (nSPS) is 17.5. The summed E-state index contributed by atoms with van der Waals surface area (Å²) in [7, 11) is 0. The first-order valence-electron chi connectivity index (χ1n) is 8.41. The molecule has 0 radical (unpaired) electrons. The molecule has 0 bridgehead atoms. The van der Waals surface area contributed by atoms with Gasteiger partial charge in [0.05, 0.1) is 11.4 Å². The van der Waals surface area contributed by atoms with Gasteiger partial charge >= 0.3 is 0 Å². The minimum absolute atomic E-state index is 0.154. The number of nitrogens with one attached hydrogen (secondary N) is 1. The Balaban J connectivity index is 1.51. The highest BCUT2D eigenvalue weighted by Crippen LogP contribution is 2.24. The minimum atomic E-state index is -0.183. The van der Waals surface area contributed by atoms with Gasteiger partial charge in [-0.1, -0.05) is 35.4 Å². The van der Waals surface area contributed by atoms with Gasteiger partial charge in [-0.15, -0.1) is 0 Å². The van der Waals surface area contributed by atoms with Crippen LogP contribution in [0.1, 0.15) is 12.8 Å². The number of halogens is 1. The Morgan fingerprint density at radius 3 is 2.68 bits per heavy atom. The molecule has 1 saturated heterocycles. The SMILES string of the molecule is Fc1ccccc1N1CCCC(Nc2nnnn2-c2ccccc2)C1. The zero-order valence-corrected chi connectivity index (χ0v) is 13.7. The summed E-state index contributed by atoms with van der Waals surface area (Å²) in [4.78, 5) is 2.08. The number of hydrogen-bond donors (Lipinski definition) is 1. The molecule has 0 spiro atoms. The smallest absolute Gasteiger partial charge is 0.248 e. The van der Waals surface area contributed by atoms with Crippen LogP contribution in [-0.4, -0.2) is 39.3 Å². The van der Waals surface area contributed by atoms with Gasteiger partial charge in [0.2, 0.25) is 5.95 Å². The Hall–Kier alpha value is -2.96. The van der Waals surface area contributed by atoms with Crippen molar-refractivity contribution in [2.45, 2.75) is 18.9 Å². The first-order chi connectivity index (χ1) is 12.3. The van der Waals surface area contributed by atoms with E-state index in [9.17, 15) is 4.39 Å². The maximum absolute atomic E-state index is 14.1. The van der Waals surface area contributed by atoms with Crippen LogP contribution < -0.4 is 10.2 Å². The van der Waals surface area contributed by atoms with E-state index in [-0.39, 0.29) is 11.9 Å². The van der Waals surface area contributed by atoms with Gasteiger partial charge < -0.3 is 10.2 Å². The monoisotopic (exact) mass is 338 g/mol. The molecule has 128 valence electrons. The third-order valence-corrected chi connectivity index (χ3v) is 4.42. The van der Waals surface area contributed by atoms with Crippen molar-refractivity contribution in [2.24, 2.45) is 0 Å². The van der Waals surface area contributed by atoms with E-state index < -0.39 is 0 Å². The molecule has 3 aromatic rings. The highest BCUT2D eigenvalue weighted by atomic mass is 19.1. The molecule has 2 heterocycles. The van der Waals surface area contributed by atoms with Crippen LogP contribution in [0.2, 0.25) is 0 Å². The van der Waals surface area contributed by atoms with E-state index in [0.29, 0.717) is 18.2 Å². The number of rotatable bonds is 4. The molecular formula is C18H19FN6. The first-order valence-corrected chi connectivity index (χ1v) is 8.41. The molecule has 4 rings (SSSR count). The first kappa shape index (κ1) is 15.6. The second kappa shape index (κ2) is 6.88. The molecule has 1 fully saturated rings. The number of hydrogen-bond acceptors (Lipinski definition) is 5. The fourth-order valence-corrected chi connectivity index (χ4v) is 3.22. The van der Waals surface area contributed by atoms with Crippen LogP contribution in [0.4, 0.5) is 16.0 Å². The lowest BCUT2D eigenvalue weighted by molar-refractivity contribution is 0.516. The predicted molar refractivity (Wildman–Crippen MR) is 94.4 cm³/mol. The van der Waals surface area contributed by atoms with Gasteiger partial charge in [0.1, 0.15) is 5.82 Å². The Kier molecular flexibility index (Phi) is 4.28. The summed E-state index contributed by atoms with van der Waals surface area (Å²) in [5, 5.41) is 15.4. The van der Waals surface area contributed by atoms with Crippen molar-refractivity contribution in [2.75, 3.05) is 23.3 Å². The zero-order chi connectivity index (χ0) is 17.1. The van der Waals surface area contributed by atoms with Gasteiger partial charge in [0, 0.05) is 19.1 Å². The van der Waals surface area contributed by atoms with Crippen molar-refractivity contribution >= 4 is 11.6 Å². The molecule has 0 saturated carbocycles. The van der Waals surface area contributed by atoms with E-state index in [1.54, 1.807) is 10.7 Å². The van der Waals surface area contributed by atoms with Crippen molar-refractivity contribution in [1.82, 2.24) is 20.2 Å². The van der Waals surface area contributed by atoms with Crippen LogP contribution in [0, 0.1) is 5.82 Å². The van der Waals surface area contributed by atoms with Crippen LogP contribution in [0.25, 0.3) is 5.69 Å². The number of anilines is 2. The van der Waals surface area contributed by atoms with Gasteiger partial charge in [-0.2, -0.15) is 4.68 Å². The van der Waals surface area contributed by atoms with Gasteiger partial charge in [0.15, 0.2) is 0 Å². The molecule has 1 aromatic heterocycles. The van der Waals surface area contributed by atoms with Gasteiger partial charge in [-0.05, 0) is 47.5 Å². The summed E-state index contributed by atoms with van der Waals surface area (Å²) in [5.41, 5.74) is 1.55. The molecule has 1 atom stereocenters. The molecule has 0 aliphatic carbocycles. The molecule has 7 heteroatoms. The second-order valence-corrected chi connectivity index (χ2v) is 6.13. The Morgan fingerprint density at radius 1 is 1.04 bits per heavy atom. The maximum Gasteiger partial charge on any atom is 0.248 e. The van der Waals surface area contributed by atoms with E-state index in [1.807, 2.05) is 42.5 Å². The Labute approximate surface area is 145 Å². The van der Waals surface area contributed by atoms with E-state index in [0.717, 1.165) is 25.1 Å². The third kappa shape index (κ3) is 3.31. The summed E-state index contributed by atoms with van der Waals surface area (Å²) in [6.07, 6.45) is 1.98. The lowest BCUT2D eigenvalue weighted by Crippen LogP contribution is -2.43. The summed E-state index contributed by atoms with van der Waals surface area (Å²) in [6.45, 7) is 1.56. The van der Waals surface area contributed by atoms with Gasteiger partial charge in [0.25, 0.3) is 0 Å². The number of para-hydroxylation sites is 2. The molecular weight excluding hydrogens is 319 g/mol. The van der Waals surface area contributed by atoms with Crippen LogP contribution in [0.5, 0.6) is 0 Å². The summed E-state index contributed by atoms with van der Waals surface area (Å²) in [5.74, 6) is 0.420. The molecule has 1 aliphatic heterocycles. The summed E-state index contributed by atoms with van der Waals surface area (Å²) >= 11 is 0. The predicted octanol–water partition coefficient (Wildman–Crippen LogP) is 2.88. The van der Waals surface area contributed by atoms with Crippen molar-refractivity contribution in [3.63, 3.8) is 0 Å². The lowest BCUT2D eigenvalue weighted by Gasteiger charge is -2.34. The fourth-order valence-electron chi connectivity index (χ4n) is 3.22. The highest BCUT2D eigenvalue weighted by Gasteiger charge is 2.23. The van der Waals surface area contributed by atoms with E-state index in [4.69, 9.17) is 0 Å². The molecule has 1 N–H and O–H groups in total. The summed E-state index contributed by atoms with van der Waals surface area (Å²) in [6, 6.07) is 16.8. The van der Waals surface area contributed by atoms with Crippen molar-refractivity contribution in [3.05, 3.63) is 60.4 Å². The third-order valence-electron chi connectivity index (χ3n) is 4.42. The average molecular weight is 338 g/mol.